The van der Waals surface area contributed by atoms with Gasteiger partial charge in [0.25, 0.3) is 0 Å². The van der Waals surface area contributed by atoms with Gasteiger partial charge in [0.1, 0.15) is 11.8 Å². The van der Waals surface area contributed by atoms with E-state index in [1.807, 2.05) is 65.4 Å². The van der Waals surface area contributed by atoms with E-state index in [4.69, 9.17) is 17.0 Å². The Morgan fingerprint density at radius 2 is 1.79 bits per heavy atom. The second-order valence-corrected chi connectivity index (χ2v) is 8.21. The van der Waals surface area contributed by atoms with Gasteiger partial charge in [0, 0.05) is 23.8 Å². The van der Waals surface area contributed by atoms with Crippen LogP contribution in [0.3, 0.4) is 0 Å². The van der Waals surface area contributed by atoms with Crippen molar-refractivity contribution >= 4 is 29.0 Å². The van der Waals surface area contributed by atoms with E-state index in [1.165, 1.54) is 0 Å². The molecule has 0 bridgehead atoms. The number of aromatic nitrogens is 2. The molecule has 1 aliphatic rings. The maximum atomic E-state index is 11.3. The van der Waals surface area contributed by atoms with Crippen LogP contribution in [0, 0.1) is 0 Å². The minimum atomic E-state index is -0.956. The van der Waals surface area contributed by atoms with Crippen LogP contribution in [0.15, 0.2) is 91.3 Å². The molecule has 2 atom stereocenters. The van der Waals surface area contributed by atoms with Crippen molar-refractivity contribution in [2.24, 2.45) is 0 Å². The molecule has 0 unspecified atom stereocenters. The fraction of sp³-hybridized carbons (Fsp3) is 0.115. The molecule has 8 heteroatoms. The lowest BCUT2D eigenvalue weighted by Crippen LogP contribution is -2.30. The highest BCUT2D eigenvalue weighted by Crippen LogP contribution is 2.44. The zero-order valence-electron chi connectivity index (χ0n) is 18.3. The number of carboxylic acids is 1. The van der Waals surface area contributed by atoms with Crippen LogP contribution in [0.5, 0.6) is 5.75 Å². The fourth-order valence-corrected chi connectivity index (χ4v) is 4.72. The van der Waals surface area contributed by atoms with Gasteiger partial charge in [-0.25, -0.2) is 4.79 Å². The van der Waals surface area contributed by atoms with Crippen LogP contribution in [0.25, 0.3) is 5.69 Å². The predicted molar refractivity (Wildman–Crippen MR) is 134 cm³/mol. The Morgan fingerprint density at radius 3 is 2.50 bits per heavy atom. The van der Waals surface area contributed by atoms with Gasteiger partial charge in [-0.1, -0.05) is 18.2 Å². The molecule has 2 aromatic carbocycles. The number of benzene rings is 2. The Hall–Kier alpha value is -4.17. The molecular formula is C26H22N4O3S. The molecule has 0 saturated carbocycles. The van der Waals surface area contributed by atoms with Crippen LogP contribution >= 0.6 is 12.2 Å². The summed E-state index contributed by atoms with van der Waals surface area (Å²) in [6.07, 6.45) is 3.73. The third-order valence-corrected chi connectivity index (χ3v) is 6.23. The number of aromatic carboxylic acids is 1. The molecule has 4 aromatic rings. The Labute approximate surface area is 202 Å². The van der Waals surface area contributed by atoms with E-state index < -0.39 is 5.97 Å². The maximum Gasteiger partial charge on any atom is 0.335 e. The number of hydrogen-bond donors (Lipinski definition) is 2. The third kappa shape index (κ3) is 3.78. The van der Waals surface area contributed by atoms with Crippen molar-refractivity contribution in [3.05, 3.63) is 108 Å². The molecule has 7 nitrogen and oxygen atoms in total. The first-order chi connectivity index (χ1) is 16.6. The summed E-state index contributed by atoms with van der Waals surface area (Å²) >= 11 is 5.82. The molecule has 170 valence electrons. The predicted octanol–water partition coefficient (Wildman–Crippen LogP) is 4.76. The highest BCUT2D eigenvalue weighted by molar-refractivity contribution is 7.80. The molecule has 0 amide bonds. The first-order valence-electron chi connectivity index (χ1n) is 10.7. The molecule has 0 spiro atoms. The SMILES string of the molecule is COc1ccccc1N1C(=S)N[C@H](c2ccccn2)[C@H]1c1cccn1-c1ccc(C(=O)O)cc1. The zero-order valence-corrected chi connectivity index (χ0v) is 19.1. The summed E-state index contributed by atoms with van der Waals surface area (Å²) in [6.45, 7) is 0. The number of nitrogens with one attached hydrogen (secondary N) is 1. The van der Waals surface area contributed by atoms with E-state index in [9.17, 15) is 9.90 Å². The number of para-hydroxylation sites is 2. The van der Waals surface area contributed by atoms with E-state index >= 15 is 0 Å². The highest BCUT2D eigenvalue weighted by atomic mass is 32.1. The van der Waals surface area contributed by atoms with Crippen molar-refractivity contribution < 1.29 is 14.6 Å². The van der Waals surface area contributed by atoms with Crippen LogP contribution in [0.1, 0.15) is 33.8 Å². The molecule has 3 heterocycles. The molecule has 0 aliphatic carbocycles. The van der Waals surface area contributed by atoms with Crippen LogP contribution in [0.2, 0.25) is 0 Å². The van der Waals surface area contributed by atoms with Gasteiger partial charge in [-0.2, -0.15) is 0 Å². The van der Waals surface area contributed by atoms with E-state index in [0.29, 0.717) is 10.9 Å². The molecule has 0 radical (unpaired) electrons. The Kier molecular flexibility index (Phi) is 5.73. The van der Waals surface area contributed by atoms with Crippen molar-refractivity contribution in [2.75, 3.05) is 12.0 Å². The summed E-state index contributed by atoms with van der Waals surface area (Å²) in [5.74, 6) is -0.246. The van der Waals surface area contributed by atoms with Gasteiger partial charge in [-0.3, -0.25) is 4.98 Å². The Bertz CT molecular complexity index is 1340. The minimum Gasteiger partial charge on any atom is -0.495 e. The summed E-state index contributed by atoms with van der Waals surface area (Å²) < 4.78 is 7.70. The van der Waals surface area contributed by atoms with Crippen molar-refractivity contribution in [2.45, 2.75) is 12.1 Å². The number of carbonyl (C=O) groups is 1. The zero-order chi connectivity index (χ0) is 23.7. The van der Waals surface area contributed by atoms with Crippen molar-refractivity contribution in [3.8, 4) is 11.4 Å². The van der Waals surface area contributed by atoms with Gasteiger partial charge in [-0.05, 0) is 72.9 Å². The lowest BCUT2D eigenvalue weighted by molar-refractivity contribution is 0.0697. The number of anilines is 1. The maximum absolute atomic E-state index is 11.3. The molecule has 2 aromatic heterocycles. The van der Waals surface area contributed by atoms with Gasteiger partial charge in [0.05, 0.1) is 30.1 Å². The van der Waals surface area contributed by atoms with E-state index in [2.05, 4.69) is 15.2 Å². The van der Waals surface area contributed by atoms with Crippen molar-refractivity contribution in [1.82, 2.24) is 14.9 Å². The highest BCUT2D eigenvalue weighted by Gasteiger charge is 2.43. The summed E-state index contributed by atoms with van der Waals surface area (Å²) in [6, 6.07) is 24.0. The number of pyridine rings is 1. The van der Waals surface area contributed by atoms with Crippen LogP contribution in [0.4, 0.5) is 5.69 Å². The van der Waals surface area contributed by atoms with E-state index in [-0.39, 0.29) is 17.6 Å². The number of hydrogen-bond acceptors (Lipinski definition) is 4. The first-order valence-corrected chi connectivity index (χ1v) is 11.1. The topological polar surface area (TPSA) is 79.6 Å². The normalized spacial score (nSPS) is 17.4. The largest absolute Gasteiger partial charge is 0.495 e. The number of ether oxygens (including phenoxy) is 1. The summed E-state index contributed by atoms with van der Waals surface area (Å²) in [4.78, 5) is 18.0. The number of thiocarbonyl (C=S) groups is 1. The first kappa shape index (κ1) is 21.7. The van der Waals surface area contributed by atoms with Crippen LogP contribution < -0.4 is 15.0 Å². The Balaban J connectivity index is 1.66. The quantitative estimate of drug-likeness (QED) is 0.394. The number of rotatable bonds is 6. The minimum absolute atomic E-state index is 0.217. The van der Waals surface area contributed by atoms with E-state index in [0.717, 1.165) is 22.8 Å². The van der Waals surface area contributed by atoms with Crippen molar-refractivity contribution in [3.63, 3.8) is 0 Å². The standard InChI is InChI=1S/C26H22N4O3S/c1-33-22-10-3-2-8-20(22)30-24(23(28-26(30)34)19-7-4-5-15-27-19)21-9-6-16-29(21)18-13-11-17(12-14-18)25(31)32/h2-16,23-24H,1H3,(H,28,34)(H,31,32)/t23-,24-/m1/s1. The van der Waals surface area contributed by atoms with Gasteiger partial charge in [0.15, 0.2) is 5.11 Å². The van der Waals surface area contributed by atoms with Crippen LogP contribution in [-0.2, 0) is 0 Å². The number of methoxy groups -OCH3 is 1. The molecule has 34 heavy (non-hydrogen) atoms. The summed E-state index contributed by atoms with van der Waals surface area (Å²) in [5, 5.41) is 13.3. The number of nitrogens with zero attached hydrogens (tertiary/aromatic N) is 3. The second-order valence-electron chi connectivity index (χ2n) is 7.82. The summed E-state index contributed by atoms with van der Waals surface area (Å²) in [7, 11) is 1.64. The van der Waals surface area contributed by atoms with Gasteiger partial charge in [0.2, 0.25) is 0 Å². The van der Waals surface area contributed by atoms with Crippen molar-refractivity contribution in [1.29, 1.82) is 0 Å². The monoisotopic (exact) mass is 470 g/mol. The Morgan fingerprint density at radius 1 is 1.03 bits per heavy atom. The van der Waals surface area contributed by atoms with Crippen LogP contribution in [-0.4, -0.2) is 32.8 Å². The molecule has 2 N–H and O–H groups in total. The number of carboxylic acid groups (broad SMARTS) is 1. The molecular weight excluding hydrogens is 448 g/mol. The second kappa shape index (κ2) is 8.99. The van der Waals surface area contributed by atoms with Gasteiger partial charge in [-0.15, -0.1) is 0 Å². The fourth-order valence-electron chi connectivity index (χ4n) is 4.38. The lowest BCUT2D eigenvalue weighted by Gasteiger charge is -2.30. The smallest absolute Gasteiger partial charge is 0.335 e. The molecule has 1 fully saturated rings. The van der Waals surface area contributed by atoms with Gasteiger partial charge < -0.3 is 24.6 Å². The molecule has 1 saturated heterocycles. The average molecular weight is 471 g/mol. The molecule has 1 aliphatic heterocycles. The van der Waals surface area contributed by atoms with Gasteiger partial charge >= 0.3 is 5.97 Å². The average Bonchev–Trinajstić information content (AvgIpc) is 3.48. The lowest BCUT2D eigenvalue weighted by atomic mass is 10.0. The summed E-state index contributed by atoms with van der Waals surface area (Å²) in [5.41, 5.74) is 3.77. The molecule has 5 rings (SSSR count). The van der Waals surface area contributed by atoms with E-state index in [1.54, 1.807) is 37.6 Å². The third-order valence-electron chi connectivity index (χ3n) is 5.92.